The number of nitrogens with zero attached hydrogens (tertiary/aromatic N) is 1. The summed E-state index contributed by atoms with van der Waals surface area (Å²) in [4.78, 5) is 37.4. The van der Waals surface area contributed by atoms with Crippen molar-refractivity contribution in [2.45, 2.75) is 110 Å². The molecule has 0 aliphatic heterocycles. The predicted octanol–water partition coefficient (Wildman–Crippen LogP) is 11.8. The van der Waals surface area contributed by atoms with E-state index in [0.29, 0.717) is 36.7 Å². The molecule has 334 valence electrons. The average molecular weight is 850 g/mol. The van der Waals surface area contributed by atoms with E-state index in [9.17, 15) is 19.0 Å². The van der Waals surface area contributed by atoms with Crippen LogP contribution in [0.5, 0.6) is 0 Å². The Morgan fingerprint density at radius 2 is 0.950 bits per heavy atom. The fraction of sp³-hybridized carbons (Fsp3) is 0.480. The van der Waals surface area contributed by atoms with Crippen molar-refractivity contribution in [2.24, 2.45) is 0 Å². The van der Waals surface area contributed by atoms with Crippen LogP contribution in [0.1, 0.15) is 104 Å². The van der Waals surface area contributed by atoms with Crippen LogP contribution in [0.15, 0.2) is 146 Å². The summed E-state index contributed by atoms with van der Waals surface area (Å²) in [6, 6.07) is 0. The molecule has 60 heavy (non-hydrogen) atoms. The molecule has 2 unspecified atom stereocenters. The van der Waals surface area contributed by atoms with Crippen molar-refractivity contribution in [3.05, 3.63) is 146 Å². The van der Waals surface area contributed by atoms with Crippen LogP contribution < -0.4 is 4.89 Å². The molecule has 0 saturated carbocycles. The Morgan fingerprint density at radius 3 is 1.43 bits per heavy atom. The highest BCUT2D eigenvalue weighted by Gasteiger charge is 2.21. The van der Waals surface area contributed by atoms with Gasteiger partial charge in [-0.1, -0.05) is 160 Å². The lowest BCUT2D eigenvalue weighted by molar-refractivity contribution is -0.870. The third kappa shape index (κ3) is 43.5. The molecule has 0 N–H and O–H groups in total. The van der Waals surface area contributed by atoms with E-state index in [2.05, 4.69) is 98.9 Å². The molecule has 0 amide bonds. The predicted molar refractivity (Wildman–Crippen MR) is 249 cm³/mol. The van der Waals surface area contributed by atoms with Gasteiger partial charge in [0.2, 0.25) is 0 Å². The summed E-state index contributed by atoms with van der Waals surface area (Å²) in [5, 5.41) is 0. The molecule has 0 rings (SSSR count). The molecule has 0 bridgehead atoms. The maximum absolute atomic E-state index is 12.6. The number of phosphoric ester groups is 1. The summed E-state index contributed by atoms with van der Waals surface area (Å²) < 4.78 is 33.7. The number of allylic oxidation sites excluding steroid dienone is 24. The maximum Gasteiger partial charge on any atom is 0.306 e. The monoisotopic (exact) mass is 850 g/mol. The van der Waals surface area contributed by atoms with E-state index in [1.54, 1.807) is 0 Å². The molecule has 0 spiro atoms. The fourth-order valence-corrected chi connectivity index (χ4v) is 5.40. The van der Waals surface area contributed by atoms with Crippen molar-refractivity contribution in [1.29, 1.82) is 0 Å². The van der Waals surface area contributed by atoms with E-state index < -0.39 is 32.5 Å². The summed E-state index contributed by atoms with van der Waals surface area (Å²) >= 11 is 0. The number of carbonyl (C=O) groups excluding carboxylic acids is 2. The second-order valence-electron chi connectivity index (χ2n) is 14.7. The summed E-state index contributed by atoms with van der Waals surface area (Å²) in [5.74, 6) is -1.01. The Hall–Kier alpha value is -4.11. The number of unbranched alkanes of at least 4 members (excludes halogenated alkanes) is 2. The summed E-state index contributed by atoms with van der Waals surface area (Å²) in [6.45, 7) is 3.76. The highest BCUT2D eigenvalue weighted by Crippen LogP contribution is 2.38. The van der Waals surface area contributed by atoms with E-state index in [1.807, 2.05) is 81.9 Å². The van der Waals surface area contributed by atoms with E-state index in [-0.39, 0.29) is 26.1 Å². The van der Waals surface area contributed by atoms with Crippen LogP contribution in [0.3, 0.4) is 0 Å². The van der Waals surface area contributed by atoms with Gasteiger partial charge < -0.3 is 27.9 Å². The molecule has 10 heteroatoms. The second kappa shape index (κ2) is 40.3. The third-order valence-electron chi connectivity index (χ3n) is 7.98. The van der Waals surface area contributed by atoms with Crippen molar-refractivity contribution in [3.63, 3.8) is 0 Å². The molecule has 0 aromatic carbocycles. The van der Waals surface area contributed by atoms with E-state index in [1.165, 1.54) is 0 Å². The van der Waals surface area contributed by atoms with Crippen molar-refractivity contribution in [1.82, 2.24) is 0 Å². The normalized spacial score (nSPS) is 15.0. The fourth-order valence-electron chi connectivity index (χ4n) is 4.67. The Morgan fingerprint density at radius 1 is 0.533 bits per heavy atom. The summed E-state index contributed by atoms with van der Waals surface area (Å²) in [7, 11) is 1.06. The Labute approximate surface area is 363 Å². The number of hydrogen-bond acceptors (Lipinski definition) is 8. The number of carbonyl (C=O) groups is 2. The first-order chi connectivity index (χ1) is 29.0. The minimum absolute atomic E-state index is 0.0633. The van der Waals surface area contributed by atoms with Gasteiger partial charge in [0.05, 0.1) is 27.7 Å². The number of phosphoric acid groups is 1. The number of quaternary nitrogens is 1. The maximum atomic E-state index is 12.6. The third-order valence-corrected chi connectivity index (χ3v) is 8.95. The van der Waals surface area contributed by atoms with Gasteiger partial charge >= 0.3 is 11.9 Å². The quantitative estimate of drug-likeness (QED) is 0.0153. The van der Waals surface area contributed by atoms with Crippen LogP contribution in [0.4, 0.5) is 0 Å². The molecule has 0 saturated heterocycles. The molecule has 0 fully saturated rings. The van der Waals surface area contributed by atoms with Crippen molar-refractivity contribution in [3.8, 4) is 0 Å². The van der Waals surface area contributed by atoms with Gasteiger partial charge in [-0.2, -0.15) is 0 Å². The Kier molecular flexibility index (Phi) is 37.5. The van der Waals surface area contributed by atoms with Gasteiger partial charge in [-0.05, 0) is 77.0 Å². The van der Waals surface area contributed by atoms with Crippen LogP contribution in [-0.2, 0) is 32.7 Å². The molecule has 0 aromatic heterocycles. The second-order valence-corrected chi connectivity index (χ2v) is 16.1. The summed E-state index contributed by atoms with van der Waals surface area (Å²) in [6.07, 6.45) is 59.1. The number of likely N-dealkylation sites (N-methyl/N-ethyl adjacent to an activating group) is 1. The Balaban J connectivity index is 4.56. The standard InChI is InChI=1S/C50H76NO8P/c1-6-8-10-12-14-16-18-20-21-22-23-24-25-26-27-28-29-31-32-34-36-38-40-42-49(52)56-46-48(47-58-60(54,55)57-45-44-51(3,4)5)59-50(53)43-41-39-37-35-33-30-19-17-15-13-11-9-7-2/h8-11,13-17,19-21,23-24,26-27,29-31,33-37,48H,6-7,12,18,22,25,28,32,38-47H2,1-5H3/b10-8+,11-9+,15-13+,16-14+,19-17+,21-20+,24-23+,27-26+,31-29+,33-30+,36-34+,37-35+. The lowest BCUT2D eigenvalue weighted by Gasteiger charge is -2.28. The number of rotatable bonds is 36. The molecule has 0 radical (unpaired) electrons. The first-order valence-electron chi connectivity index (χ1n) is 21.6. The minimum Gasteiger partial charge on any atom is -0.756 e. The van der Waals surface area contributed by atoms with Gasteiger partial charge in [0.1, 0.15) is 19.8 Å². The van der Waals surface area contributed by atoms with Crippen LogP contribution in [0.25, 0.3) is 0 Å². The SMILES string of the molecule is CC/C=C/C=C/C=C/C=C/C=C/CCCC(=O)OC(COC(=O)CCC/C=C/C/C=C/C/C=C/C/C=C/C/C=C/C/C=C/C/C=C/CC)COP(=O)([O-])OCC[N+](C)(C)C. The first kappa shape index (κ1) is 55.9. The highest BCUT2D eigenvalue weighted by molar-refractivity contribution is 7.45. The minimum atomic E-state index is -4.67. The van der Waals surface area contributed by atoms with Crippen LogP contribution in [0.2, 0.25) is 0 Å². The molecule has 0 aliphatic carbocycles. The lowest BCUT2D eigenvalue weighted by atomic mass is 10.2. The topological polar surface area (TPSA) is 111 Å². The average Bonchev–Trinajstić information content (AvgIpc) is 3.20. The molecule has 9 nitrogen and oxygen atoms in total. The number of hydrogen-bond donors (Lipinski definition) is 0. The zero-order valence-electron chi connectivity index (χ0n) is 37.3. The van der Waals surface area contributed by atoms with Gasteiger partial charge in [-0.25, -0.2) is 0 Å². The Bertz CT molecular complexity index is 1520. The van der Waals surface area contributed by atoms with Gasteiger partial charge in [-0.3, -0.25) is 14.2 Å². The highest BCUT2D eigenvalue weighted by atomic mass is 31.2. The zero-order chi connectivity index (χ0) is 44.3. The molecule has 0 heterocycles. The van der Waals surface area contributed by atoms with Crippen molar-refractivity contribution >= 4 is 19.8 Å². The van der Waals surface area contributed by atoms with Gasteiger partial charge in [0, 0.05) is 12.8 Å². The van der Waals surface area contributed by atoms with Gasteiger partial charge in [-0.15, -0.1) is 0 Å². The molecule has 0 aromatic rings. The zero-order valence-corrected chi connectivity index (χ0v) is 38.2. The van der Waals surface area contributed by atoms with Crippen LogP contribution in [-0.4, -0.2) is 70.0 Å². The van der Waals surface area contributed by atoms with Gasteiger partial charge in [0.25, 0.3) is 7.82 Å². The van der Waals surface area contributed by atoms with Gasteiger partial charge in [0.15, 0.2) is 6.10 Å². The molecular formula is C50H76NO8P. The number of ether oxygens (including phenoxy) is 2. The molecule has 0 aliphatic rings. The van der Waals surface area contributed by atoms with Crippen LogP contribution in [0, 0.1) is 0 Å². The van der Waals surface area contributed by atoms with E-state index >= 15 is 0 Å². The number of esters is 2. The van der Waals surface area contributed by atoms with E-state index in [0.717, 1.165) is 51.4 Å². The summed E-state index contributed by atoms with van der Waals surface area (Å²) in [5.41, 5.74) is 0. The lowest BCUT2D eigenvalue weighted by Crippen LogP contribution is -2.37. The molecule has 2 atom stereocenters. The van der Waals surface area contributed by atoms with Crippen molar-refractivity contribution in [2.75, 3.05) is 47.5 Å². The largest absolute Gasteiger partial charge is 0.756 e. The molecular weight excluding hydrogens is 774 g/mol. The van der Waals surface area contributed by atoms with E-state index in [4.69, 9.17) is 18.5 Å². The van der Waals surface area contributed by atoms with Crippen LogP contribution >= 0.6 is 7.82 Å². The smallest absolute Gasteiger partial charge is 0.306 e. The first-order valence-corrected chi connectivity index (χ1v) is 23.1. The van der Waals surface area contributed by atoms with Crippen molar-refractivity contribution < 1.29 is 42.1 Å².